The molecule has 0 aromatic carbocycles. The van der Waals surface area contributed by atoms with Crippen LogP contribution < -0.4 is 10.6 Å². The number of carbonyl (C=O) groups is 1. The Morgan fingerprint density at radius 3 is 2.59 bits per heavy atom. The Bertz CT molecular complexity index is 262. The number of nitrogens with one attached hydrogen (secondary N) is 2. The van der Waals surface area contributed by atoms with Crippen molar-refractivity contribution in [3.63, 3.8) is 0 Å². The molecule has 0 bridgehead atoms. The lowest BCUT2D eigenvalue weighted by Gasteiger charge is -2.31. The largest absolute Gasteiger partial charge is 0.393 e. The first-order valence-electron chi connectivity index (χ1n) is 6.84. The number of hydrogen-bond acceptors (Lipinski definition) is 3. The lowest BCUT2D eigenvalue weighted by molar-refractivity contribution is -0.127. The normalized spacial score (nSPS) is 38.7. The maximum Gasteiger partial charge on any atom is 0.224 e. The van der Waals surface area contributed by atoms with Gasteiger partial charge in [0.25, 0.3) is 0 Å². The molecule has 1 aliphatic heterocycles. The fraction of sp³-hybridized carbons (Fsp3) is 0.923. The number of hydrogen-bond donors (Lipinski definition) is 3. The van der Waals surface area contributed by atoms with Crippen molar-refractivity contribution in [2.24, 2.45) is 11.8 Å². The third-order valence-electron chi connectivity index (χ3n) is 3.98. The summed E-state index contributed by atoms with van der Waals surface area (Å²) in [4.78, 5) is 12.1. The molecule has 2 rings (SSSR count). The molecule has 1 amide bonds. The van der Waals surface area contributed by atoms with Crippen molar-refractivity contribution in [3.05, 3.63) is 0 Å². The third kappa shape index (κ3) is 3.68. The highest BCUT2D eigenvalue weighted by Crippen LogP contribution is 2.20. The number of amides is 1. The Labute approximate surface area is 103 Å². The smallest absolute Gasteiger partial charge is 0.224 e. The second-order valence-electron chi connectivity index (χ2n) is 5.71. The van der Waals surface area contributed by atoms with Gasteiger partial charge in [0.05, 0.1) is 12.0 Å². The van der Waals surface area contributed by atoms with Crippen LogP contribution in [0.1, 0.15) is 39.0 Å². The second kappa shape index (κ2) is 5.83. The SMILES string of the molecule is CC1CNCC(C(=O)NC2CCC(O)CC2)C1. The van der Waals surface area contributed by atoms with Gasteiger partial charge in [-0.05, 0) is 44.6 Å². The summed E-state index contributed by atoms with van der Waals surface area (Å²) in [5, 5.41) is 15.9. The average Bonchev–Trinajstić information content (AvgIpc) is 2.32. The van der Waals surface area contributed by atoms with Gasteiger partial charge in [-0.1, -0.05) is 6.92 Å². The fourth-order valence-corrected chi connectivity index (χ4v) is 2.90. The van der Waals surface area contributed by atoms with Crippen LogP contribution in [0.3, 0.4) is 0 Å². The highest BCUT2D eigenvalue weighted by Gasteiger charge is 2.27. The van der Waals surface area contributed by atoms with Crippen molar-refractivity contribution in [2.45, 2.75) is 51.2 Å². The Morgan fingerprint density at radius 2 is 1.94 bits per heavy atom. The fourth-order valence-electron chi connectivity index (χ4n) is 2.90. The van der Waals surface area contributed by atoms with Crippen molar-refractivity contribution in [3.8, 4) is 0 Å². The lowest BCUT2D eigenvalue weighted by Crippen LogP contribution is -2.47. The molecular weight excluding hydrogens is 216 g/mol. The molecule has 1 saturated carbocycles. The summed E-state index contributed by atoms with van der Waals surface area (Å²) in [5.41, 5.74) is 0. The molecule has 1 saturated heterocycles. The summed E-state index contributed by atoms with van der Waals surface area (Å²) in [7, 11) is 0. The van der Waals surface area contributed by atoms with Crippen LogP contribution in [0.2, 0.25) is 0 Å². The quantitative estimate of drug-likeness (QED) is 0.664. The summed E-state index contributed by atoms with van der Waals surface area (Å²) in [6.45, 7) is 4.02. The average molecular weight is 240 g/mol. The molecule has 17 heavy (non-hydrogen) atoms. The lowest BCUT2D eigenvalue weighted by atomic mass is 9.89. The van der Waals surface area contributed by atoms with Crippen molar-refractivity contribution < 1.29 is 9.90 Å². The minimum absolute atomic E-state index is 0.130. The molecule has 1 aliphatic carbocycles. The molecule has 2 aliphatic rings. The summed E-state index contributed by atoms with van der Waals surface area (Å²) in [6, 6.07) is 0.281. The van der Waals surface area contributed by atoms with E-state index in [9.17, 15) is 9.90 Å². The zero-order valence-corrected chi connectivity index (χ0v) is 10.6. The minimum atomic E-state index is -0.153. The van der Waals surface area contributed by atoms with Crippen LogP contribution in [0.4, 0.5) is 0 Å². The first-order chi connectivity index (χ1) is 8.15. The van der Waals surface area contributed by atoms with Gasteiger partial charge in [0.1, 0.15) is 0 Å². The van der Waals surface area contributed by atoms with E-state index in [1.165, 1.54) is 0 Å². The zero-order chi connectivity index (χ0) is 12.3. The molecule has 0 spiro atoms. The second-order valence-corrected chi connectivity index (χ2v) is 5.71. The molecule has 2 fully saturated rings. The van der Waals surface area contributed by atoms with Crippen LogP contribution in [-0.4, -0.2) is 36.2 Å². The Hall–Kier alpha value is -0.610. The van der Waals surface area contributed by atoms with Crippen LogP contribution in [-0.2, 0) is 4.79 Å². The van der Waals surface area contributed by atoms with Gasteiger partial charge in [-0.3, -0.25) is 4.79 Å². The molecular formula is C13H24N2O2. The van der Waals surface area contributed by atoms with E-state index < -0.39 is 0 Å². The van der Waals surface area contributed by atoms with Gasteiger partial charge < -0.3 is 15.7 Å². The standard InChI is InChI=1S/C13H24N2O2/c1-9-6-10(8-14-7-9)13(17)15-11-2-4-12(16)5-3-11/h9-12,14,16H,2-8H2,1H3,(H,15,17). The highest BCUT2D eigenvalue weighted by atomic mass is 16.3. The summed E-state index contributed by atoms with van der Waals surface area (Å²) >= 11 is 0. The summed E-state index contributed by atoms with van der Waals surface area (Å²) < 4.78 is 0. The van der Waals surface area contributed by atoms with Crippen molar-refractivity contribution in [1.82, 2.24) is 10.6 Å². The topological polar surface area (TPSA) is 61.4 Å². The Kier molecular flexibility index (Phi) is 4.40. The van der Waals surface area contributed by atoms with Gasteiger partial charge in [0.2, 0.25) is 5.91 Å². The van der Waals surface area contributed by atoms with Crippen molar-refractivity contribution >= 4 is 5.91 Å². The van der Waals surface area contributed by atoms with E-state index in [0.29, 0.717) is 5.92 Å². The maximum absolute atomic E-state index is 12.1. The maximum atomic E-state index is 12.1. The van der Waals surface area contributed by atoms with E-state index in [0.717, 1.165) is 45.2 Å². The number of aliphatic hydroxyl groups is 1. The first kappa shape index (κ1) is 12.8. The van der Waals surface area contributed by atoms with E-state index in [-0.39, 0.29) is 24.0 Å². The number of carbonyl (C=O) groups excluding carboxylic acids is 1. The molecule has 0 aromatic heterocycles. The van der Waals surface area contributed by atoms with Gasteiger partial charge >= 0.3 is 0 Å². The minimum Gasteiger partial charge on any atom is -0.393 e. The number of rotatable bonds is 2. The summed E-state index contributed by atoms with van der Waals surface area (Å²) in [6.07, 6.45) is 4.33. The molecule has 2 atom stereocenters. The first-order valence-corrected chi connectivity index (χ1v) is 6.84. The predicted molar refractivity (Wildman–Crippen MR) is 66.5 cm³/mol. The molecule has 2 unspecified atom stereocenters. The monoisotopic (exact) mass is 240 g/mol. The highest BCUT2D eigenvalue weighted by molar-refractivity contribution is 5.79. The molecule has 4 nitrogen and oxygen atoms in total. The van der Waals surface area contributed by atoms with E-state index in [1.807, 2.05) is 0 Å². The van der Waals surface area contributed by atoms with E-state index >= 15 is 0 Å². The van der Waals surface area contributed by atoms with Gasteiger partial charge in [0, 0.05) is 12.6 Å². The molecule has 0 radical (unpaired) electrons. The van der Waals surface area contributed by atoms with Gasteiger partial charge in [-0.15, -0.1) is 0 Å². The van der Waals surface area contributed by atoms with Crippen molar-refractivity contribution in [1.29, 1.82) is 0 Å². The van der Waals surface area contributed by atoms with E-state index in [4.69, 9.17) is 0 Å². The van der Waals surface area contributed by atoms with Crippen LogP contribution >= 0.6 is 0 Å². The molecule has 3 N–H and O–H groups in total. The zero-order valence-electron chi connectivity index (χ0n) is 10.6. The Morgan fingerprint density at radius 1 is 1.24 bits per heavy atom. The van der Waals surface area contributed by atoms with Crippen LogP contribution in [0.25, 0.3) is 0 Å². The Balaban J connectivity index is 1.76. The van der Waals surface area contributed by atoms with E-state index in [2.05, 4.69) is 17.6 Å². The van der Waals surface area contributed by atoms with Crippen LogP contribution in [0.15, 0.2) is 0 Å². The number of aliphatic hydroxyl groups excluding tert-OH is 1. The van der Waals surface area contributed by atoms with Crippen LogP contribution in [0, 0.1) is 11.8 Å². The van der Waals surface area contributed by atoms with Gasteiger partial charge in [-0.2, -0.15) is 0 Å². The third-order valence-corrected chi connectivity index (χ3v) is 3.98. The molecule has 0 aromatic rings. The predicted octanol–water partition coefficient (Wildman–Crippen LogP) is 0.652. The molecule has 98 valence electrons. The summed E-state index contributed by atoms with van der Waals surface area (Å²) in [5.74, 6) is 0.920. The van der Waals surface area contributed by atoms with E-state index in [1.54, 1.807) is 0 Å². The van der Waals surface area contributed by atoms with Crippen LogP contribution in [0.5, 0.6) is 0 Å². The molecule has 4 heteroatoms. The van der Waals surface area contributed by atoms with Gasteiger partial charge in [-0.25, -0.2) is 0 Å². The van der Waals surface area contributed by atoms with Gasteiger partial charge in [0.15, 0.2) is 0 Å². The molecule has 1 heterocycles. The number of piperidine rings is 1. The van der Waals surface area contributed by atoms with Crippen molar-refractivity contribution in [2.75, 3.05) is 13.1 Å².